The number of carbonyl (C=O) groups excluding carboxylic acids is 1. The molecule has 1 amide bonds. The molecular formula is C18H19ClFN3O5S. The number of non-ortho nitro benzene ring substituents is 1. The molecule has 0 aliphatic carbocycles. The van der Waals surface area contributed by atoms with Crippen LogP contribution in [0.2, 0.25) is 5.02 Å². The molecule has 0 saturated carbocycles. The number of hydrogen-bond donors (Lipinski definition) is 1. The van der Waals surface area contributed by atoms with Crippen LogP contribution in [0, 0.1) is 22.9 Å². The van der Waals surface area contributed by atoms with E-state index < -0.39 is 32.7 Å². The van der Waals surface area contributed by atoms with Crippen LogP contribution in [0.3, 0.4) is 0 Å². The number of amides is 1. The summed E-state index contributed by atoms with van der Waals surface area (Å²) >= 11 is 5.71. The van der Waals surface area contributed by atoms with E-state index in [0.29, 0.717) is 5.56 Å². The highest BCUT2D eigenvalue weighted by atomic mass is 35.5. The summed E-state index contributed by atoms with van der Waals surface area (Å²) in [6.45, 7) is 3.19. The minimum absolute atomic E-state index is 0.0286. The Balaban J connectivity index is 2.49. The zero-order valence-corrected chi connectivity index (χ0v) is 17.4. The molecule has 0 aliphatic rings. The predicted octanol–water partition coefficient (Wildman–Crippen LogP) is 3.88. The van der Waals surface area contributed by atoms with Gasteiger partial charge in [0, 0.05) is 17.8 Å². The first-order chi connectivity index (χ1) is 13.5. The Hall–Kier alpha value is -2.72. The van der Waals surface area contributed by atoms with Crippen LogP contribution in [0.1, 0.15) is 18.9 Å². The number of hydrogen-bond acceptors (Lipinski definition) is 5. The van der Waals surface area contributed by atoms with E-state index in [1.807, 2.05) is 0 Å². The second-order valence-electron chi connectivity index (χ2n) is 6.33. The monoisotopic (exact) mass is 443 g/mol. The molecule has 29 heavy (non-hydrogen) atoms. The quantitative estimate of drug-likeness (QED) is 0.515. The molecule has 156 valence electrons. The van der Waals surface area contributed by atoms with Crippen molar-refractivity contribution in [3.05, 3.63) is 62.9 Å². The minimum atomic E-state index is -3.98. The summed E-state index contributed by atoms with van der Waals surface area (Å²) in [6.07, 6.45) is 0.992. The van der Waals surface area contributed by atoms with Crippen molar-refractivity contribution >= 4 is 44.6 Å². The van der Waals surface area contributed by atoms with Gasteiger partial charge < -0.3 is 5.32 Å². The van der Waals surface area contributed by atoms with Gasteiger partial charge in [0.05, 0.1) is 21.9 Å². The molecule has 2 rings (SSSR count). The van der Waals surface area contributed by atoms with Gasteiger partial charge in [-0.05, 0) is 37.1 Å². The standard InChI is InChI=1S/C18H19ClFN3O5S/c1-4-16(18(24)21-12-6-8-15(20)14(19)9-12)22(29(3,27)28)17-10-13(23(25)26)7-5-11(17)2/h5-10,16H,4H2,1-3H3,(H,21,24)/t16-/m1/s1. The maximum Gasteiger partial charge on any atom is 0.271 e. The summed E-state index contributed by atoms with van der Waals surface area (Å²) in [4.78, 5) is 23.3. The molecule has 11 heteroatoms. The number of nitrogens with one attached hydrogen (secondary N) is 1. The van der Waals surface area contributed by atoms with Crippen molar-refractivity contribution in [2.24, 2.45) is 0 Å². The van der Waals surface area contributed by atoms with E-state index >= 15 is 0 Å². The van der Waals surface area contributed by atoms with Gasteiger partial charge in [0.15, 0.2) is 0 Å². The summed E-state index contributed by atoms with van der Waals surface area (Å²) in [6, 6.07) is 6.13. The average Bonchev–Trinajstić information content (AvgIpc) is 2.62. The number of halogens is 2. The van der Waals surface area contributed by atoms with Crippen LogP contribution in [0.4, 0.5) is 21.5 Å². The number of nitro groups is 1. The normalized spacial score (nSPS) is 12.3. The topological polar surface area (TPSA) is 110 Å². The van der Waals surface area contributed by atoms with E-state index in [1.54, 1.807) is 13.8 Å². The molecule has 0 radical (unpaired) electrons. The molecule has 1 atom stereocenters. The van der Waals surface area contributed by atoms with Crippen LogP contribution in [-0.4, -0.2) is 31.5 Å². The molecule has 1 N–H and O–H groups in total. The molecule has 2 aromatic carbocycles. The summed E-state index contributed by atoms with van der Waals surface area (Å²) in [5.74, 6) is -1.35. The van der Waals surface area contributed by atoms with Crippen molar-refractivity contribution in [3.63, 3.8) is 0 Å². The van der Waals surface area contributed by atoms with Crippen molar-refractivity contribution in [2.45, 2.75) is 26.3 Å². The molecule has 0 fully saturated rings. The largest absolute Gasteiger partial charge is 0.324 e. The molecule has 0 aliphatic heterocycles. The van der Waals surface area contributed by atoms with Gasteiger partial charge in [0.1, 0.15) is 11.9 Å². The average molecular weight is 444 g/mol. The summed E-state index contributed by atoms with van der Waals surface area (Å²) in [5, 5.41) is 13.4. The highest BCUT2D eigenvalue weighted by Gasteiger charge is 2.33. The smallest absolute Gasteiger partial charge is 0.271 e. The van der Waals surface area contributed by atoms with E-state index in [0.717, 1.165) is 22.7 Å². The zero-order chi connectivity index (χ0) is 21.9. The maximum absolute atomic E-state index is 13.3. The first-order valence-corrected chi connectivity index (χ1v) is 10.7. The molecular weight excluding hydrogens is 425 g/mol. The lowest BCUT2D eigenvalue weighted by Crippen LogP contribution is -2.47. The number of nitro benzene ring substituents is 1. The second-order valence-corrected chi connectivity index (χ2v) is 8.60. The number of anilines is 2. The van der Waals surface area contributed by atoms with Crippen molar-refractivity contribution in [3.8, 4) is 0 Å². The summed E-state index contributed by atoms with van der Waals surface area (Å²) in [5.41, 5.74) is 0.349. The van der Waals surface area contributed by atoms with Crippen LogP contribution in [0.25, 0.3) is 0 Å². The Morgan fingerprint density at radius 3 is 2.48 bits per heavy atom. The Kier molecular flexibility index (Phi) is 6.81. The highest BCUT2D eigenvalue weighted by molar-refractivity contribution is 7.92. The molecule has 0 unspecified atom stereocenters. The van der Waals surface area contributed by atoms with E-state index in [9.17, 15) is 27.7 Å². The molecule has 0 heterocycles. The molecule has 0 aromatic heterocycles. The highest BCUT2D eigenvalue weighted by Crippen LogP contribution is 2.30. The third-order valence-corrected chi connectivity index (χ3v) is 5.61. The summed E-state index contributed by atoms with van der Waals surface area (Å²) < 4.78 is 39.2. The molecule has 8 nitrogen and oxygen atoms in total. The number of rotatable bonds is 7. The van der Waals surface area contributed by atoms with Gasteiger partial charge >= 0.3 is 0 Å². The van der Waals surface area contributed by atoms with Crippen LogP contribution in [-0.2, 0) is 14.8 Å². The lowest BCUT2D eigenvalue weighted by molar-refractivity contribution is -0.384. The predicted molar refractivity (Wildman–Crippen MR) is 109 cm³/mol. The zero-order valence-electron chi connectivity index (χ0n) is 15.8. The molecule has 0 spiro atoms. The fourth-order valence-corrected chi connectivity index (χ4v) is 4.23. The number of nitrogens with zero attached hydrogens (tertiary/aromatic N) is 2. The fraction of sp³-hybridized carbons (Fsp3) is 0.278. The van der Waals surface area contributed by atoms with Crippen LogP contribution in [0.5, 0.6) is 0 Å². The minimum Gasteiger partial charge on any atom is -0.324 e. The number of benzene rings is 2. The lowest BCUT2D eigenvalue weighted by atomic mass is 10.1. The van der Waals surface area contributed by atoms with E-state index in [2.05, 4.69) is 5.32 Å². The number of aryl methyl sites for hydroxylation is 1. The third kappa shape index (κ3) is 5.21. The van der Waals surface area contributed by atoms with Crippen molar-refractivity contribution in [1.29, 1.82) is 0 Å². The number of carbonyl (C=O) groups is 1. The van der Waals surface area contributed by atoms with Crippen molar-refractivity contribution in [1.82, 2.24) is 0 Å². The first kappa shape index (κ1) is 22.6. The Bertz CT molecular complexity index is 1060. The SMILES string of the molecule is CC[C@H](C(=O)Nc1ccc(F)c(Cl)c1)N(c1cc([N+](=O)[O-])ccc1C)S(C)(=O)=O. The van der Waals surface area contributed by atoms with Gasteiger partial charge in [-0.3, -0.25) is 19.2 Å². The maximum atomic E-state index is 13.3. The Morgan fingerprint density at radius 2 is 1.97 bits per heavy atom. The molecule has 2 aromatic rings. The first-order valence-electron chi connectivity index (χ1n) is 8.46. The summed E-state index contributed by atoms with van der Waals surface area (Å²) in [7, 11) is -3.98. The second kappa shape index (κ2) is 8.75. The Morgan fingerprint density at radius 1 is 1.31 bits per heavy atom. The Labute approximate surface area is 172 Å². The van der Waals surface area contributed by atoms with Crippen molar-refractivity contribution < 1.29 is 22.5 Å². The number of sulfonamides is 1. The van der Waals surface area contributed by atoms with Gasteiger partial charge in [-0.25, -0.2) is 12.8 Å². The van der Waals surface area contributed by atoms with Crippen LogP contribution in [0.15, 0.2) is 36.4 Å². The van der Waals surface area contributed by atoms with Gasteiger partial charge in [0.25, 0.3) is 5.69 Å². The van der Waals surface area contributed by atoms with Crippen molar-refractivity contribution in [2.75, 3.05) is 15.9 Å². The molecule has 0 bridgehead atoms. The lowest BCUT2D eigenvalue weighted by Gasteiger charge is -2.31. The fourth-order valence-electron chi connectivity index (χ4n) is 2.78. The van der Waals surface area contributed by atoms with Gasteiger partial charge in [0.2, 0.25) is 15.9 Å². The van der Waals surface area contributed by atoms with E-state index in [1.165, 1.54) is 24.3 Å². The van der Waals surface area contributed by atoms with Gasteiger partial charge in [-0.1, -0.05) is 24.6 Å². The third-order valence-electron chi connectivity index (χ3n) is 4.16. The van der Waals surface area contributed by atoms with Crippen LogP contribution >= 0.6 is 11.6 Å². The van der Waals surface area contributed by atoms with Crippen LogP contribution < -0.4 is 9.62 Å². The van der Waals surface area contributed by atoms with Gasteiger partial charge in [-0.2, -0.15) is 0 Å². The van der Waals surface area contributed by atoms with Gasteiger partial charge in [-0.15, -0.1) is 0 Å². The molecule has 0 saturated heterocycles. The van der Waals surface area contributed by atoms with E-state index in [-0.39, 0.29) is 28.5 Å². The van der Waals surface area contributed by atoms with E-state index in [4.69, 9.17) is 11.6 Å².